The normalized spacial score (nSPS) is 15.9. The minimum atomic E-state index is -3.78. The molecular formula is C16H13FN2O2S2. The van der Waals surface area contributed by atoms with Gasteiger partial charge in [-0.3, -0.25) is 0 Å². The zero-order valence-corrected chi connectivity index (χ0v) is 13.7. The van der Waals surface area contributed by atoms with Gasteiger partial charge in [-0.25, -0.2) is 12.8 Å². The predicted molar refractivity (Wildman–Crippen MR) is 86.8 cm³/mol. The summed E-state index contributed by atoms with van der Waals surface area (Å²) in [6.07, 6.45) is 2.39. The maximum atomic E-state index is 13.6. The highest BCUT2D eigenvalue weighted by atomic mass is 32.2. The molecule has 0 N–H and O–H groups in total. The van der Waals surface area contributed by atoms with Gasteiger partial charge in [0.2, 0.25) is 0 Å². The van der Waals surface area contributed by atoms with Crippen LogP contribution in [0, 0.1) is 17.1 Å². The van der Waals surface area contributed by atoms with Crippen LogP contribution in [0.2, 0.25) is 0 Å². The molecule has 0 amide bonds. The Morgan fingerprint density at radius 1 is 1.22 bits per heavy atom. The molecule has 3 rings (SSSR count). The fourth-order valence-corrected chi connectivity index (χ4v) is 5.08. The van der Waals surface area contributed by atoms with Crippen molar-refractivity contribution in [3.63, 3.8) is 0 Å². The lowest BCUT2D eigenvalue weighted by Gasteiger charge is -2.25. The van der Waals surface area contributed by atoms with Crippen molar-refractivity contribution in [2.45, 2.75) is 10.6 Å². The van der Waals surface area contributed by atoms with E-state index >= 15 is 0 Å². The van der Waals surface area contributed by atoms with Gasteiger partial charge < -0.3 is 0 Å². The number of hydrogen-bond acceptors (Lipinski definition) is 4. The summed E-state index contributed by atoms with van der Waals surface area (Å²) in [6, 6.07) is 10.4. The van der Waals surface area contributed by atoms with Gasteiger partial charge in [0.25, 0.3) is 10.0 Å². The van der Waals surface area contributed by atoms with E-state index in [2.05, 4.69) is 6.07 Å². The fourth-order valence-electron chi connectivity index (χ4n) is 2.47. The Bertz CT molecular complexity index is 893. The van der Waals surface area contributed by atoms with E-state index in [9.17, 15) is 12.8 Å². The van der Waals surface area contributed by atoms with Crippen LogP contribution in [0.15, 0.2) is 46.0 Å². The minimum absolute atomic E-state index is 0.217. The molecule has 118 valence electrons. The Labute approximate surface area is 138 Å². The van der Waals surface area contributed by atoms with Gasteiger partial charge in [-0.15, -0.1) is 11.3 Å². The Morgan fingerprint density at radius 2 is 1.96 bits per heavy atom. The van der Waals surface area contributed by atoms with Crippen LogP contribution in [0.5, 0.6) is 0 Å². The second kappa shape index (κ2) is 6.24. The highest BCUT2D eigenvalue weighted by molar-refractivity contribution is 7.91. The fraction of sp³-hybridized carbons (Fsp3) is 0.188. The molecule has 1 aliphatic rings. The van der Waals surface area contributed by atoms with E-state index in [1.807, 2.05) is 18.2 Å². The first kappa shape index (κ1) is 15.9. The Hall–Kier alpha value is -2.01. The molecule has 0 fully saturated rings. The monoisotopic (exact) mass is 348 g/mol. The average molecular weight is 348 g/mol. The first-order valence-electron chi connectivity index (χ1n) is 6.95. The van der Waals surface area contributed by atoms with E-state index in [0.717, 1.165) is 22.5 Å². The van der Waals surface area contributed by atoms with E-state index in [0.29, 0.717) is 18.5 Å². The zero-order chi connectivity index (χ0) is 16.4. The smallest absolute Gasteiger partial charge is 0.206 e. The van der Waals surface area contributed by atoms with E-state index in [-0.39, 0.29) is 10.8 Å². The second-order valence-corrected chi connectivity index (χ2v) is 8.14. The molecule has 0 unspecified atom stereocenters. The van der Waals surface area contributed by atoms with Crippen LogP contribution >= 0.6 is 11.3 Å². The molecule has 0 spiro atoms. The molecule has 23 heavy (non-hydrogen) atoms. The van der Waals surface area contributed by atoms with Crippen molar-refractivity contribution in [2.24, 2.45) is 0 Å². The molecular weight excluding hydrogens is 335 g/mol. The van der Waals surface area contributed by atoms with Gasteiger partial charge in [-0.2, -0.15) is 9.57 Å². The third-order valence-corrected chi connectivity index (χ3v) is 6.99. The van der Waals surface area contributed by atoms with Crippen LogP contribution in [0.4, 0.5) is 4.39 Å². The molecule has 0 aliphatic carbocycles. The molecule has 1 aromatic heterocycles. The van der Waals surface area contributed by atoms with Gasteiger partial charge >= 0.3 is 0 Å². The van der Waals surface area contributed by atoms with Crippen LogP contribution in [-0.2, 0) is 10.0 Å². The number of nitrogens with zero attached hydrogens (tertiary/aromatic N) is 2. The maximum absolute atomic E-state index is 13.6. The summed E-state index contributed by atoms with van der Waals surface area (Å²) in [7, 11) is -3.78. The summed E-state index contributed by atoms with van der Waals surface area (Å²) in [4.78, 5) is 0. The van der Waals surface area contributed by atoms with Gasteiger partial charge in [-0.1, -0.05) is 18.2 Å². The van der Waals surface area contributed by atoms with Gasteiger partial charge in [0.05, 0.1) is 11.6 Å². The van der Waals surface area contributed by atoms with E-state index in [1.54, 1.807) is 12.1 Å². The third kappa shape index (κ3) is 3.06. The standard InChI is InChI=1S/C16H13FN2O2S2/c17-15-7-10-22-16(15)23(20,21)19-8-5-14(6-9-19)13-3-1-12(11-18)2-4-13/h1-5,7,10H,6,8-9H2. The maximum Gasteiger partial charge on any atom is 0.255 e. The van der Waals surface area contributed by atoms with E-state index in [4.69, 9.17) is 5.26 Å². The lowest BCUT2D eigenvalue weighted by atomic mass is 9.99. The van der Waals surface area contributed by atoms with Crippen LogP contribution in [0.25, 0.3) is 5.57 Å². The van der Waals surface area contributed by atoms with Gasteiger partial charge in [-0.05, 0) is 41.1 Å². The van der Waals surface area contributed by atoms with Gasteiger partial charge in [0, 0.05) is 13.1 Å². The highest BCUT2D eigenvalue weighted by Gasteiger charge is 2.29. The molecule has 0 radical (unpaired) electrons. The van der Waals surface area contributed by atoms with Gasteiger partial charge in [0.15, 0.2) is 10.0 Å². The van der Waals surface area contributed by atoms with Crippen LogP contribution in [0.3, 0.4) is 0 Å². The molecule has 1 aliphatic heterocycles. The first-order valence-corrected chi connectivity index (χ1v) is 9.27. The van der Waals surface area contributed by atoms with Crippen molar-refractivity contribution in [2.75, 3.05) is 13.1 Å². The molecule has 0 saturated carbocycles. The lowest BCUT2D eigenvalue weighted by Crippen LogP contribution is -2.34. The van der Waals surface area contributed by atoms with Gasteiger partial charge in [0.1, 0.15) is 0 Å². The number of hydrogen-bond donors (Lipinski definition) is 0. The van der Waals surface area contributed by atoms with Crippen molar-refractivity contribution in [1.29, 1.82) is 5.26 Å². The number of halogens is 1. The molecule has 1 aromatic carbocycles. The quantitative estimate of drug-likeness (QED) is 0.855. The largest absolute Gasteiger partial charge is 0.255 e. The zero-order valence-electron chi connectivity index (χ0n) is 12.1. The highest BCUT2D eigenvalue weighted by Crippen LogP contribution is 2.29. The average Bonchev–Trinajstić information content (AvgIpc) is 3.02. The number of thiophene rings is 1. The summed E-state index contributed by atoms with van der Waals surface area (Å²) in [5.41, 5.74) is 2.60. The Morgan fingerprint density at radius 3 is 2.48 bits per heavy atom. The van der Waals surface area contributed by atoms with Crippen molar-refractivity contribution >= 4 is 26.9 Å². The number of nitriles is 1. The van der Waals surface area contributed by atoms with E-state index in [1.165, 1.54) is 15.8 Å². The minimum Gasteiger partial charge on any atom is -0.206 e. The second-order valence-electron chi connectivity index (χ2n) is 5.09. The van der Waals surface area contributed by atoms with Crippen molar-refractivity contribution in [3.8, 4) is 6.07 Å². The Kier molecular flexibility index (Phi) is 4.31. The van der Waals surface area contributed by atoms with Crippen molar-refractivity contribution < 1.29 is 12.8 Å². The Balaban J connectivity index is 1.80. The SMILES string of the molecule is N#Cc1ccc(C2=CCN(S(=O)(=O)c3sccc3F)CC2)cc1. The van der Waals surface area contributed by atoms with Crippen LogP contribution in [0.1, 0.15) is 17.5 Å². The van der Waals surface area contributed by atoms with Crippen molar-refractivity contribution in [3.05, 3.63) is 58.7 Å². The van der Waals surface area contributed by atoms with Crippen LogP contribution in [-0.4, -0.2) is 25.8 Å². The number of benzene rings is 1. The number of sulfonamides is 1. The summed E-state index contributed by atoms with van der Waals surface area (Å²) in [5.74, 6) is -0.697. The third-order valence-electron chi connectivity index (χ3n) is 3.72. The number of rotatable bonds is 3. The molecule has 0 atom stereocenters. The summed E-state index contributed by atoms with van der Waals surface area (Å²) < 4.78 is 39.5. The molecule has 2 heterocycles. The predicted octanol–water partition coefficient (Wildman–Crippen LogP) is 3.24. The molecule has 7 heteroatoms. The first-order chi connectivity index (χ1) is 11.0. The summed E-state index contributed by atoms with van der Waals surface area (Å²) in [5, 5.41) is 10.2. The topological polar surface area (TPSA) is 61.2 Å². The molecule has 2 aromatic rings. The van der Waals surface area contributed by atoms with Crippen molar-refractivity contribution in [1.82, 2.24) is 4.31 Å². The van der Waals surface area contributed by atoms with E-state index < -0.39 is 15.8 Å². The molecule has 0 bridgehead atoms. The summed E-state index contributed by atoms with van der Waals surface area (Å²) >= 11 is 0.895. The van der Waals surface area contributed by atoms with Crippen LogP contribution < -0.4 is 0 Å². The molecule has 0 saturated heterocycles. The summed E-state index contributed by atoms with van der Waals surface area (Å²) in [6.45, 7) is 0.528. The molecule has 4 nitrogen and oxygen atoms in total. The lowest BCUT2D eigenvalue weighted by molar-refractivity contribution is 0.439.